The first-order valence-electron chi connectivity index (χ1n) is 9.04. The van der Waals surface area contributed by atoms with Gasteiger partial charge in [-0.3, -0.25) is 0 Å². The molecule has 0 unspecified atom stereocenters. The lowest BCUT2D eigenvalue weighted by atomic mass is 10.00. The highest BCUT2D eigenvalue weighted by molar-refractivity contribution is 6.07. The first-order chi connectivity index (χ1) is 11.4. The van der Waals surface area contributed by atoms with Crippen LogP contribution in [0.15, 0.2) is 54.6 Å². The second-order valence-corrected chi connectivity index (χ2v) is 6.91. The molecule has 1 aliphatic rings. The molecular weight excluding hydrogens is 278 g/mol. The number of hydrogen-bond donors (Lipinski definition) is 1. The van der Waals surface area contributed by atoms with Crippen molar-refractivity contribution in [1.29, 1.82) is 0 Å². The summed E-state index contributed by atoms with van der Waals surface area (Å²) in [6, 6.07) is 20.8. The van der Waals surface area contributed by atoms with E-state index in [9.17, 15) is 0 Å². The molecule has 1 aliphatic carbocycles. The minimum Gasteiger partial charge on any atom is -0.310 e. The lowest BCUT2D eigenvalue weighted by molar-refractivity contribution is 0.459. The van der Waals surface area contributed by atoms with Gasteiger partial charge in [-0.25, -0.2) is 0 Å². The Balaban J connectivity index is 1.55. The predicted octanol–water partition coefficient (Wildman–Crippen LogP) is 5.81. The molecule has 23 heavy (non-hydrogen) atoms. The number of rotatable bonds is 3. The van der Waals surface area contributed by atoms with Gasteiger partial charge < -0.3 is 5.32 Å². The molecule has 0 atom stereocenters. The Bertz CT molecular complexity index is 797. The Morgan fingerprint density at radius 2 is 1.48 bits per heavy atom. The molecular formula is C22H25N. The van der Waals surface area contributed by atoms with Gasteiger partial charge in [0, 0.05) is 12.6 Å². The lowest BCUT2D eigenvalue weighted by Crippen LogP contribution is -2.27. The van der Waals surface area contributed by atoms with Crippen molar-refractivity contribution in [2.75, 3.05) is 0 Å². The fourth-order valence-corrected chi connectivity index (χ4v) is 3.92. The maximum Gasteiger partial charge on any atom is 0.0208 e. The molecule has 3 aromatic rings. The van der Waals surface area contributed by atoms with Gasteiger partial charge in [0.1, 0.15) is 0 Å². The third-order valence-corrected chi connectivity index (χ3v) is 5.26. The summed E-state index contributed by atoms with van der Waals surface area (Å²) in [6.45, 7) is 0.993. The second kappa shape index (κ2) is 6.72. The SMILES string of the molecule is c1ccc2c(c1)ccc1cc(CNC3CCCCCC3)ccc12. The molecule has 1 nitrogen and oxygen atoms in total. The molecule has 0 bridgehead atoms. The topological polar surface area (TPSA) is 12.0 Å². The van der Waals surface area contributed by atoms with Crippen molar-refractivity contribution < 1.29 is 0 Å². The quantitative estimate of drug-likeness (QED) is 0.476. The van der Waals surface area contributed by atoms with Gasteiger partial charge in [0.15, 0.2) is 0 Å². The first-order valence-corrected chi connectivity index (χ1v) is 9.04. The summed E-state index contributed by atoms with van der Waals surface area (Å²) < 4.78 is 0. The molecule has 0 heterocycles. The molecule has 118 valence electrons. The summed E-state index contributed by atoms with van der Waals surface area (Å²) in [5.41, 5.74) is 1.40. The average molecular weight is 303 g/mol. The summed E-state index contributed by atoms with van der Waals surface area (Å²) in [4.78, 5) is 0. The van der Waals surface area contributed by atoms with Crippen LogP contribution in [-0.4, -0.2) is 6.04 Å². The zero-order valence-electron chi connectivity index (χ0n) is 13.7. The summed E-state index contributed by atoms with van der Waals surface area (Å²) >= 11 is 0. The number of benzene rings is 3. The minimum absolute atomic E-state index is 0.713. The minimum atomic E-state index is 0.713. The van der Waals surface area contributed by atoms with E-state index in [0.717, 1.165) is 6.54 Å². The van der Waals surface area contributed by atoms with Crippen LogP contribution >= 0.6 is 0 Å². The summed E-state index contributed by atoms with van der Waals surface area (Å²) in [7, 11) is 0. The maximum atomic E-state index is 3.78. The van der Waals surface area contributed by atoms with E-state index in [0.29, 0.717) is 6.04 Å². The van der Waals surface area contributed by atoms with Crippen molar-refractivity contribution >= 4 is 21.5 Å². The van der Waals surface area contributed by atoms with E-state index in [2.05, 4.69) is 59.9 Å². The van der Waals surface area contributed by atoms with Gasteiger partial charge >= 0.3 is 0 Å². The van der Waals surface area contributed by atoms with Crippen molar-refractivity contribution in [2.45, 2.75) is 51.1 Å². The Hall–Kier alpha value is -1.86. The predicted molar refractivity (Wildman–Crippen MR) is 99.8 cm³/mol. The van der Waals surface area contributed by atoms with E-state index >= 15 is 0 Å². The molecule has 3 aromatic carbocycles. The molecule has 1 saturated carbocycles. The monoisotopic (exact) mass is 303 g/mol. The average Bonchev–Trinajstić information content (AvgIpc) is 2.88. The van der Waals surface area contributed by atoms with E-state index < -0.39 is 0 Å². The van der Waals surface area contributed by atoms with Crippen LogP contribution in [0.4, 0.5) is 0 Å². The molecule has 0 radical (unpaired) electrons. The summed E-state index contributed by atoms with van der Waals surface area (Å²) in [5, 5.41) is 9.17. The zero-order chi connectivity index (χ0) is 15.5. The Labute approximate surface area is 138 Å². The highest BCUT2D eigenvalue weighted by Gasteiger charge is 2.11. The lowest BCUT2D eigenvalue weighted by Gasteiger charge is -2.16. The third-order valence-electron chi connectivity index (χ3n) is 5.26. The summed E-state index contributed by atoms with van der Waals surface area (Å²) in [5.74, 6) is 0. The smallest absolute Gasteiger partial charge is 0.0208 e. The molecule has 0 aliphatic heterocycles. The Kier molecular flexibility index (Phi) is 4.30. The van der Waals surface area contributed by atoms with Gasteiger partial charge in [0.2, 0.25) is 0 Å². The fraction of sp³-hybridized carbons (Fsp3) is 0.364. The van der Waals surface area contributed by atoms with E-state index in [1.807, 2.05) is 0 Å². The van der Waals surface area contributed by atoms with Crippen LogP contribution in [0.1, 0.15) is 44.1 Å². The standard InChI is InChI=1S/C22H25N/c1-2-4-9-20(8-3-1)23-16-17-11-14-22-19(15-17)13-12-18-7-5-6-10-21(18)22/h5-7,10-15,20,23H,1-4,8-9,16H2. The molecule has 1 N–H and O–H groups in total. The van der Waals surface area contributed by atoms with Crippen LogP contribution in [0.3, 0.4) is 0 Å². The van der Waals surface area contributed by atoms with Gasteiger partial charge in [-0.1, -0.05) is 74.2 Å². The molecule has 0 spiro atoms. The number of nitrogens with one attached hydrogen (secondary N) is 1. The van der Waals surface area contributed by atoms with E-state index in [4.69, 9.17) is 0 Å². The molecule has 4 rings (SSSR count). The number of hydrogen-bond acceptors (Lipinski definition) is 1. The highest BCUT2D eigenvalue weighted by atomic mass is 14.9. The van der Waals surface area contributed by atoms with Gasteiger partial charge in [-0.15, -0.1) is 0 Å². The number of fused-ring (bicyclic) bond motifs is 3. The highest BCUT2D eigenvalue weighted by Crippen LogP contribution is 2.26. The van der Waals surface area contributed by atoms with Crippen molar-refractivity contribution in [2.24, 2.45) is 0 Å². The van der Waals surface area contributed by atoms with Crippen molar-refractivity contribution in [1.82, 2.24) is 5.32 Å². The molecule has 1 fully saturated rings. The largest absolute Gasteiger partial charge is 0.310 e. The van der Waals surface area contributed by atoms with Gasteiger partial charge in [-0.2, -0.15) is 0 Å². The van der Waals surface area contributed by atoms with E-state index in [1.54, 1.807) is 0 Å². The van der Waals surface area contributed by atoms with Gasteiger partial charge in [0.05, 0.1) is 0 Å². The normalized spacial score (nSPS) is 16.7. The molecule has 0 aromatic heterocycles. The van der Waals surface area contributed by atoms with Gasteiger partial charge in [-0.05, 0) is 46.0 Å². The van der Waals surface area contributed by atoms with Crippen molar-refractivity contribution in [3.63, 3.8) is 0 Å². The van der Waals surface area contributed by atoms with E-state index in [1.165, 1.54) is 65.6 Å². The maximum absolute atomic E-state index is 3.78. The molecule has 0 amide bonds. The summed E-state index contributed by atoms with van der Waals surface area (Å²) in [6.07, 6.45) is 8.31. The van der Waals surface area contributed by atoms with Crippen LogP contribution in [-0.2, 0) is 6.54 Å². The second-order valence-electron chi connectivity index (χ2n) is 6.91. The van der Waals surface area contributed by atoms with Crippen LogP contribution in [0.25, 0.3) is 21.5 Å². The third kappa shape index (κ3) is 3.25. The Morgan fingerprint density at radius 3 is 2.35 bits per heavy atom. The fourth-order valence-electron chi connectivity index (χ4n) is 3.92. The first kappa shape index (κ1) is 14.7. The van der Waals surface area contributed by atoms with Crippen LogP contribution in [0, 0.1) is 0 Å². The zero-order valence-corrected chi connectivity index (χ0v) is 13.7. The molecule has 1 heteroatoms. The van der Waals surface area contributed by atoms with Crippen molar-refractivity contribution in [3.8, 4) is 0 Å². The van der Waals surface area contributed by atoms with Crippen LogP contribution in [0.2, 0.25) is 0 Å². The van der Waals surface area contributed by atoms with E-state index in [-0.39, 0.29) is 0 Å². The van der Waals surface area contributed by atoms with Gasteiger partial charge in [0.25, 0.3) is 0 Å². The van der Waals surface area contributed by atoms with Crippen LogP contribution in [0.5, 0.6) is 0 Å². The van der Waals surface area contributed by atoms with Crippen molar-refractivity contribution in [3.05, 3.63) is 60.2 Å². The van der Waals surface area contributed by atoms with Crippen LogP contribution < -0.4 is 5.32 Å². The molecule has 0 saturated heterocycles. The Morgan fingerprint density at radius 1 is 0.739 bits per heavy atom.